The van der Waals surface area contributed by atoms with Gasteiger partial charge in [-0.15, -0.1) is 11.3 Å². The fourth-order valence-electron chi connectivity index (χ4n) is 6.90. The maximum atomic E-state index is 16.1. The number of hydrogen-bond donors (Lipinski definition) is 0. The number of carbonyl (C=O) groups excluding carboxylic acids is 1. The highest BCUT2D eigenvalue weighted by molar-refractivity contribution is 7.18. The number of likely N-dealkylation sites (tertiary alicyclic amines) is 1. The van der Waals surface area contributed by atoms with E-state index in [1.807, 2.05) is 47.4 Å². The number of aromatic nitrogens is 4. The molecule has 9 nitrogen and oxygen atoms in total. The van der Waals surface area contributed by atoms with Gasteiger partial charge < -0.3 is 14.4 Å². The second kappa shape index (κ2) is 13.8. The predicted octanol–water partition coefficient (Wildman–Crippen LogP) is 7.12. The Labute approximate surface area is 287 Å². The highest BCUT2D eigenvalue weighted by atomic mass is 32.1. The minimum absolute atomic E-state index is 0.0439. The van der Waals surface area contributed by atoms with Gasteiger partial charge in [0.05, 0.1) is 41.8 Å². The average Bonchev–Trinajstić information content (AvgIpc) is 3.85. The molecule has 1 amide bonds. The Bertz CT molecular complexity index is 2030. The normalized spacial score (nSPS) is 17.9. The summed E-state index contributed by atoms with van der Waals surface area (Å²) in [5.74, 6) is -0.965. The fraction of sp³-hybridized carbons (Fsp3) is 0.351. The molecule has 1 fully saturated rings. The molecule has 2 unspecified atom stereocenters. The Morgan fingerprint density at radius 2 is 1.94 bits per heavy atom. The molecule has 2 atom stereocenters. The topological polar surface area (TPSA) is 85.6 Å². The summed E-state index contributed by atoms with van der Waals surface area (Å²) < 4.78 is 44.5. The van der Waals surface area contributed by atoms with E-state index in [4.69, 9.17) is 24.5 Å². The van der Waals surface area contributed by atoms with Crippen molar-refractivity contribution in [1.82, 2.24) is 29.5 Å². The van der Waals surface area contributed by atoms with Crippen LogP contribution >= 0.6 is 11.3 Å². The number of carbonyl (C=O) groups is 1. The molecule has 6 heterocycles. The zero-order valence-corrected chi connectivity index (χ0v) is 28.6. The first-order valence-corrected chi connectivity index (χ1v) is 17.3. The molecule has 0 spiro atoms. The van der Waals surface area contributed by atoms with Gasteiger partial charge in [-0.1, -0.05) is 13.5 Å². The summed E-state index contributed by atoms with van der Waals surface area (Å²) in [5.41, 5.74) is 4.75. The summed E-state index contributed by atoms with van der Waals surface area (Å²) in [6.07, 6.45) is 4.35. The van der Waals surface area contributed by atoms with E-state index in [1.54, 1.807) is 4.90 Å². The number of rotatable bonds is 10. The van der Waals surface area contributed by atoms with E-state index < -0.39 is 11.6 Å². The van der Waals surface area contributed by atoms with E-state index in [0.29, 0.717) is 41.7 Å². The van der Waals surface area contributed by atoms with Gasteiger partial charge in [-0.25, -0.2) is 13.8 Å². The third-order valence-electron chi connectivity index (χ3n) is 9.37. The summed E-state index contributed by atoms with van der Waals surface area (Å²) >= 11 is 1.44. The van der Waals surface area contributed by atoms with Gasteiger partial charge in [0.2, 0.25) is 5.91 Å². The molecule has 2 aliphatic heterocycles. The molecular formula is C37H38F2N6O3S. The van der Waals surface area contributed by atoms with Gasteiger partial charge in [0.1, 0.15) is 35.4 Å². The van der Waals surface area contributed by atoms with Gasteiger partial charge in [0.15, 0.2) is 0 Å². The number of fused-ring (bicyclic) bond motifs is 2. The van der Waals surface area contributed by atoms with E-state index in [0.717, 1.165) is 52.7 Å². The number of halogens is 2. The monoisotopic (exact) mass is 684 g/mol. The van der Waals surface area contributed by atoms with E-state index in [1.165, 1.54) is 37.0 Å². The van der Waals surface area contributed by atoms with Crippen molar-refractivity contribution in [2.45, 2.75) is 39.4 Å². The molecule has 0 radical (unpaired) electrons. The molecule has 49 heavy (non-hydrogen) atoms. The molecule has 1 saturated heterocycles. The molecule has 12 heteroatoms. The first kappa shape index (κ1) is 33.0. The smallest absolute Gasteiger partial charge is 0.246 e. The molecule has 5 aromatic rings. The molecule has 1 aromatic carbocycles. The number of thiophene rings is 1. The van der Waals surface area contributed by atoms with Crippen molar-refractivity contribution in [2.24, 2.45) is 5.92 Å². The van der Waals surface area contributed by atoms with Crippen LogP contribution in [-0.2, 0) is 22.6 Å². The second-order valence-corrected chi connectivity index (χ2v) is 13.6. The lowest BCUT2D eigenvalue weighted by Gasteiger charge is -2.33. The molecule has 0 bridgehead atoms. The zero-order valence-electron chi connectivity index (χ0n) is 27.8. The molecule has 254 valence electrons. The number of hydrogen-bond acceptors (Lipinski definition) is 8. The van der Waals surface area contributed by atoms with Crippen molar-refractivity contribution >= 4 is 27.3 Å². The van der Waals surface area contributed by atoms with Crippen LogP contribution in [0.3, 0.4) is 0 Å². The largest absolute Gasteiger partial charge is 0.490 e. The van der Waals surface area contributed by atoms with Gasteiger partial charge in [0.25, 0.3) is 0 Å². The van der Waals surface area contributed by atoms with Crippen molar-refractivity contribution in [3.8, 4) is 39.5 Å². The Balaban J connectivity index is 1.40. The SMILES string of the molecule is C=CC(=O)N1CCn2nc(-c3nc(-c4ccc(CN5CCC(C)C5)nc4)c4ccsc4c3-c3c(F)cc(F)cc3OCCOC)cc2C1C. The molecule has 2 aliphatic rings. The van der Waals surface area contributed by atoms with Crippen LogP contribution in [0.1, 0.15) is 37.7 Å². The van der Waals surface area contributed by atoms with Gasteiger partial charge in [-0.3, -0.25) is 19.4 Å². The number of amides is 1. The van der Waals surface area contributed by atoms with Gasteiger partial charge in [-0.05, 0) is 61.5 Å². The first-order valence-electron chi connectivity index (χ1n) is 16.5. The number of pyridine rings is 2. The molecule has 4 aromatic heterocycles. The number of ether oxygens (including phenoxy) is 2. The molecule has 0 saturated carbocycles. The molecule has 7 rings (SSSR count). The molecule has 0 aliphatic carbocycles. The number of nitrogens with zero attached hydrogens (tertiary/aromatic N) is 6. The zero-order chi connectivity index (χ0) is 34.2. The van der Waals surface area contributed by atoms with E-state index in [9.17, 15) is 9.18 Å². The van der Waals surface area contributed by atoms with Gasteiger partial charge in [-0.2, -0.15) is 5.10 Å². The third-order valence-corrected chi connectivity index (χ3v) is 10.3. The lowest BCUT2D eigenvalue weighted by atomic mass is 9.96. The Kier molecular flexibility index (Phi) is 9.27. The highest BCUT2D eigenvalue weighted by Crippen LogP contribution is 2.47. The molecular weight excluding hydrogens is 647 g/mol. The fourth-order valence-corrected chi connectivity index (χ4v) is 7.85. The van der Waals surface area contributed by atoms with Crippen molar-refractivity contribution in [3.05, 3.63) is 83.7 Å². The van der Waals surface area contributed by atoms with E-state index in [2.05, 4.69) is 18.4 Å². The highest BCUT2D eigenvalue weighted by Gasteiger charge is 2.31. The van der Waals surface area contributed by atoms with Gasteiger partial charge >= 0.3 is 0 Å². The quantitative estimate of drug-likeness (QED) is 0.114. The van der Waals surface area contributed by atoms with Crippen molar-refractivity contribution in [3.63, 3.8) is 0 Å². The average molecular weight is 685 g/mol. The van der Waals surface area contributed by atoms with Crippen LogP contribution in [0, 0.1) is 17.6 Å². The predicted molar refractivity (Wildman–Crippen MR) is 186 cm³/mol. The Morgan fingerprint density at radius 3 is 2.67 bits per heavy atom. The summed E-state index contributed by atoms with van der Waals surface area (Å²) in [6, 6.07) is 9.69. The van der Waals surface area contributed by atoms with Crippen molar-refractivity contribution in [2.75, 3.05) is 40.0 Å². The third kappa shape index (κ3) is 6.36. The maximum Gasteiger partial charge on any atom is 0.246 e. The van der Waals surface area contributed by atoms with Crippen LogP contribution in [0.2, 0.25) is 0 Å². The minimum atomic E-state index is -0.778. The van der Waals surface area contributed by atoms with Gasteiger partial charge in [0, 0.05) is 66.3 Å². The lowest BCUT2D eigenvalue weighted by Crippen LogP contribution is -2.40. The van der Waals surface area contributed by atoms with Crippen LogP contribution in [-0.4, -0.2) is 75.4 Å². The summed E-state index contributed by atoms with van der Waals surface area (Å²) in [5, 5.41) is 7.69. The minimum Gasteiger partial charge on any atom is -0.490 e. The van der Waals surface area contributed by atoms with E-state index >= 15 is 4.39 Å². The van der Waals surface area contributed by atoms with Crippen molar-refractivity contribution < 1.29 is 23.0 Å². The molecule has 0 N–H and O–H groups in total. The second-order valence-electron chi connectivity index (χ2n) is 12.7. The van der Waals surface area contributed by atoms with Crippen LogP contribution < -0.4 is 4.74 Å². The summed E-state index contributed by atoms with van der Waals surface area (Å²) in [7, 11) is 1.53. The van der Waals surface area contributed by atoms with E-state index in [-0.39, 0.29) is 36.5 Å². The Hall–Kier alpha value is -4.52. The summed E-state index contributed by atoms with van der Waals surface area (Å²) in [4.78, 5) is 26.8. The van der Waals surface area contributed by atoms with Crippen molar-refractivity contribution in [1.29, 1.82) is 0 Å². The summed E-state index contributed by atoms with van der Waals surface area (Å²) in [6.45, 7) is 12.1. The number of benzene rings is 1. The maximum absolute atomic E-state index is 16.1. The lowest BCUT2D eigenvalue weighted by molar-refractivity contribution is -0.129. The first-order chi connectivity index (χ1) is 23.7. The standard InChI is InChI=1S/C37H38F2N6O3S/c1-5-32(46)44-11-12-45-30(23(44)3)18-29(42-45)36-34(33-28(39)16-25(38)17-31(33)48-14-13-47-4)37-27(9-15-49-37)35(41-36)24-6-7-26(40-19-24)21-43-10-8-22(2)20-43/h5-7,9,15-19,22-23H,1,8,10-14,20-21H2,2-4H3. The number of methoxy groups -OCH3 is 1. The Morgan fingerprint density at radius 1 is 1.08 bits per heavy atom. The van der Waals surface area contributed by atoms with Crippen LogP contribution in [0.4, 0.5) is 8.78 Å². The van der Waals surface area contributed by atoms with Crippen LogP contribution in [0.25, 0.3) is 43.9 Å². The van der Waals surface area contributed by atoms with Crippen LogP contribution in [0.5, 0.6) is 5.75 Å². The van der Waals surface area contributed by atoms with Crippen LogP contribution in [0.15, 0.2) is 60.6 Å².